The molecule has 0 unspecified atom stereocenters. The van der Waals surface area contributed by atoms with Crippen LogP contribution in [0.15, 0.2) is 40.8 Å². The van der Waals surface area contributed by atoms with Gasteiger partial charge < -0.3 is 13.9 Å². The number of esters is 2. The number of fused-ring (bicyclic) bond motifs is 1. The molecule has 0 aliphatic heterocycles. The molecule has 1 aromatic carbocycles. The number of benzene rings is 1. The minimum absolute atomic E-state index is 0.460. The van der Waals surface area contributed by atoms with Crippen molar-refractivity contribution in [1.29, 1.82) is 0 Å². The van der Waals surface area contributed by atoms with Gasteiger partial charge in [0, 0.05) is 23.1 Å². The normalized spacial score (nSPS) is 11.3. The highest BCUT2D eigenvalue weighted by atomic mass is 16.5. The zero-order valence-electron chi connectivity index (χ0n) is 11.7. The molecule has 0 N–H and O–H groups in total. The summed E-state index contributed by atoms with van der Waals surface area (Å²) < 4.78 is 14.8. The number of para-hydroxylation sites is 1. The Balaban J connectivity index is 2.48. The van der Waals surface area contributed by atoms with Crippen LogP contribution in [-0.4, -0.2) is 26.2 Å². The van der Waals surface area contributed by atoms with Gasteiger partial charge in [-0.3, -0.25) is 0 Å². The van der Waals surface area contributed by atoms with E-state index in [0.29, 0.717) is 16.9 Å². The van der Waals surface area contributed by atoms with Crippen LogP contribution in [0.2, 0.25) is 0 Å². The second-order valence-corrected chi connectivity index (χ2v) is 4.09. The summed E-state index contributed by atoms with van der Waals surface area (Å²) in [6.45, 7) is 0. The Labute approximate surface area is 121 Å². The van der Waals surface area contributed by atoms with Crippen molar-refractivity contribution < 1.29 is 23.5 Å². The molecule has 1 heterocycles. The van der Waals surface area contributed by atoms with Crippen LogP contribution >= 0.6 is 0 Å². The maximum atomic E-state index is 11.2. The van der Waals surface area contributed by atoms with E-state index in [1.54, 1.807) is 12.1 Å². The van der Waals surface area contributed by atoms with Crippen LogP contribution < -0.4 is 0 Å². The first kappa shape index (κ1) is 14.6. The molecule has 0 radical (unpaired) electrons. The quantitative estimate of drug-likeness (QED) is 0.638. The molecule has 0 spiro atoms. The van der Waals surface area contributed by atoms with Gasteiger partial charge in [0.15, 0.2) is 0 Å². The van der Waals surface area contributed by atoms with Gasteiger partial charge in [0.2, 0.25) is 0 Å². The molecule has 0 amide bonds. The molecule has 1 aromatic heterocycles. The molecule has 2 aromatic rings. The van der Waals surface area contributed by atoms with Crippen LogP contribution in [0.1, 0.15) is 11.3 Å². The van der Waals surface area contributed by atoms with E-state index in [0.717, 1.165) is 5.39 Å². The molecule has 5 nitrogen and oxygen atoms in total. The van der Waals surface area contributed by atoms with Gasteiger partial charge in [0.1, 0.15) is 11.3 Å². The third-order valence-corrected chi connectivity index (χ3v) is 2.82. The molecule has 5 heteroatoms. The molecular weight excluding hydrogens is 272 g/mol. The minimum Gasteiger partial charge on any atom is -0.466 e. The lowest BCUT2D eigenvalue weighted by atomic mass is 10.1. The molecule has 0 saturated heterocycles. The maximum Gasteiger partial charge on any atom is 0.330 e. The Kier molecular flexibility index (Phi) is 4.56. The molecule has 0 atom stereocenters. The molecular formula is C16H14O5. The fourth-order valence-electron chi connectivity index (χ4n) is 1.81. The van der Waals surface area contributed by atoms with Crippen molar-refractivity contribution in [3.05, 3.63) is 47.7 Å². The van der Waals surface area contributed by atoms with Crippen LogP contribution in [0, 0.1) is 0 Å². The topological polar surface area (TPSA) is 65.7 Å². The minimum atomic E-state index is -0.488. The van der Waals surface area contributed by atoms with Crippen molar-refractivity contribution in [2.45, 2.75) is 0 Å². The molecule has 0 saturated carbocycles. The summed E-state index contributed by atoms with van der Waals surface area (Å²) in [6, 6.07) is 7.38. The van der Waals surface area contributed by atoms with Crippen molar-refractivity contribution in [1.82, 2.24) is 0 Å². The zero-order chi connectivity index (χ0) is 15.2. The molecule has 0 fully saturated rings. The van der Waals surface area contributed by atoms with Crippen LogP contribution in [0.4, 0.5) is 0 Å². The first-order chi connectivity index (χ1) is 10.2. The molecule has 21 heavy (non-hydrogen) atoms. The maximum absolute atomic E-state index is 11.2. The number of ether oxygens (including phenoxy) is 2. The van der Waals surface area contributed by atoms with Crippen molar-refractivity contribution in [3.8, 4) is 0 Å². The zero-order valence-corrected chi connectivity index (χ0v) is 11.7. The van der Waals surface area contributed by atoms with Gasteiger partial charge in [-0.05, 0) is 18.2 Å². The number of rotatable bonds is 4. The monoisotopic (exact) mass is 286 g/mol. The van der Waals surface area contributed by atoms with Gasteiger partial charge in [-0.2, -0.15) is 0 Å². The predicted octanol–water partition coefficient (Wildman–Crippen LogP) is 2.81. The summed E-state index contributed by atoms with van der Waals surface area (Å²) in [5, 5.41) is 0.835. The summed E-state index contributed by atoms with van der Waals surface area (Å²) in [7, 11) is 2.60. The van der Waals surface area contributed by atoms with E-state index in [9.17, 15) is 9.59 Å². The molecule has 108 valence electrons. The summed E-state index contributed by atoms with van der Waals surface area (Å²) >= 11 is 0. The molecule has 0 aliphatic rings. The summed E-state index contributed by atoms with van der Waals surface area (Å²) in [4.78, 5) is 22.4. The van der Waals surface area contributed by atoms with Crippen molar-refractivity contribution in [3.63, 3.8) is 0 Å². The highest BCUT2D eigenvalue weighted by Crippen LogP contribution is 2.28. The summed E-state index contributed by atoms with van der Waals surface area (Å²) in [5.41, 5.74) is 1.35. The fourth-order valence-corrected chi connectivity index (χ4v) is 1.81. The van der Waals surface area contributed by atoms with E-state index in [4.69, 9.17) is 4.42 Å². The van der Waals surface area contributed by atoms with Gasteiger partial charge in [-0.25, -0.2) is 9.59 Å². The van der Waals surface area contributed by atoms with E-state index in [2.05, 4.69) is 9.47 Å². The number of hydrogen-bond donors (Lipinski definition) is 0. The van der Waals surface area contributed by atoms with Gasteiger partial charge in [-0.15, -0.1) is 0 Å². The highest BCUT2D eigenvalue weighted by Gasteiger charge is 2.10. The van der Waals surface area contributed by atoms with Crippen molar-refractivity contribution in [2.24, 2.45) is 0 Å². The first-order valence-electron chi connectivity index (χ1n) is 6.19. The predicted molar refractivity (Wildman–Crippen MR) is 78.3 cm³/mol. The first-order valence-corrected chi connectivity index (χ1v) is 6.19. The largest absolute Gasteiger partial charge is 0.466 e. The van der Waals surface area contributed by atoms with Crippen LogP contribution in [0.5, 0.6) is 0 Å². The van der Waals surface area contributed by atoms with Crippen molar-refractivity contribution in [2.75, 3.05) is 14.2 Å². The third kappa shape index (κ3) is 3.39. The van der Waals surface area contributed by atoms with Crippen LogP contribution in [0.3, 0.4) is 0 Å². The lowest BCUT2D eigenvalue weighted by Crippen LogP contribution is -1.94. The molecule has 2 rings (SSSR count). The fraction of sp³-hybridized carbons (Fsp3) is 0.125. The summed E-state index contributed by atoms with van der Waals surface area (Å²) in [6.07, 6.45) is 5.65. The number of furan rings is 1. The van der Waals surface area contributed by atoms with Gasteiger partial charge in [-0.1, -0.05) is 18.2 Å². The number of hydrogen-bond acceptors (Lipinski definition) is 5. The summed E-state index contributed by atoms with van der Waals surface area (Å²) in [5.74, 6) is -0.497. The second kappa shape index (κ2) is 6.56. The second-order valence-electron chi connectivity index (χ2n) is 4.09. The van der Waals surface area contributed by atoms with E-state index in [-0.39, 0.29) is 0 Å². The Morgan fingerprint density at radius 1 is 1.00 bits per heavy atom. The Morgan fingerprint density at radius 2 is 1.62 bits per heavy atom. The van der Waals surface area contributed by atoms with E-state index in [1.165, 1.54) is 32.4 Å². The van der Waals surface area contributed by atoms with Crippen LogP contribution in [0.25, 0.3) is 23.1 Å². The Bertz CT molecular complexity index is 721. The van der Waals surface area contributed by atoms with Gasteiger partial charge in [0.25, 0.3) is 0 Å². The molecule has 0 bridgehead atoms. The lowest BCUT2D eigenvalue weighted by Gasteiger charge is -1.93. The Hall–Kier alpha value is -2.82. The standard InChI is InChI=1S/C16H14O5/c1-19-15(17)9-7-12-11-5-3-4-6-13(11)21-14(12)8-10-16(18)20-2/h3-10H,1-2H3/b9-7+,10-8+. The van der Waals surface area contributed by atoms with Gasteiger partial charge in [0.05, 0.1) is 14.2 Å². The number of carbonyl (C=O) groups is 2. The molecule has 0 aliphatic carbocycles. The average Bonchev–Trinajstić information content (AvgIpc) is 2.87. The smallest absolute Gasteiger partial charge is 0.330 e. The third-order valence-electron chi connectivity index (χ3n) is 2.82. The number of carbonyl (C=O) groups excluding carboxylic acids is 2. The SMILES string of the molecule is COC(=O)/C=C/c1oc2ccccc2c1/C=C/C(=O)OC. The van der Waals surface area contributed by atoms with E-state index >= 15 is 0 Å². The number of methoxy groups -OCH3 is 2. The van der Waals surface area contributed by atoms with E-state index in [1.807, 2.05) is 18.2 Å². The lowest BCUT2D eigenvalue weighted by molar-refractivity contribution is -0.135. The Morgan fingerprint density at radius 3 is 2.29 bits per heavy atom. The van der Waals surface area contributed by atoms with Gasteiger partial charge >= 0.3 is 11.9 Å². The van der Waals surface area contributed by atoms with Crippen molar-refractivity contribution >= 4 is 35.1 Å². The average molecular weight is 286 g/mol. The van der Waals surface area contributed by atoms with E-state index < -0.39 is 11.9 Å². The van der Waals surface area contributed by atoms with Crippen LogP contribution in [-0.2, 0) is 19.1 Å². The highest BCUT2D eigenvalue weighted by molar-refractivity contribution is 5.96.